The number of allylic oxidation sites excluding steroid dienone is 4. The van der Waals surface area contributed by atoms with E-state index in [4.69, 9.17) is 34.2 Å². The fourth-order valence-corrected chi connectivity index (χ4v) is 18.0. The first-order chi connectivity index (χ1) is 47.9. The van der Waals surface area contributed by atoms with Gasteiger partial charge in [0.15, 0.2) is 24.3 Å². The molecule has 2 bridgehead atoms. The van der Waals surface area contributed by atoms with Gasteiger partial charge in [-0.2, -0.15) is 15.4 Å². The smallest absolute Gasteiger partial charge is 0.409 e. The third-order valence-electron chi connectivity index (χ3n) is 22.9. The number of ketones is 2. The number of carbonyl (C=O) groups is 7. The fraction of sp³-hybridized carbons (Fsp3) is 0.500. The number of para-hydroxylation sites is 1. The number of aromatic amines is 1. The lowest BCUT2D eigenvalue weighted by atomic mass is 9.38. The molecule has 4 aromatic carbocycles. The van der Waals surface area contributed by atoms with E-state index in [0.717, 1.165) is 47.9 Å². The number of rotatable bonds is 20. The highest BCUT2D eigenvalue weighted by atomic mass is 16.7. The number of nitrogens with two attached hydrogens (primary N) is 1. The van der Waals surface area contributed by atoms with Gasteiger partial charge < -0.3 is 79.9 Å². The van der Waals surface area contributed by atoms with Gasteiger partial charge >= 0.3 is 12.2 Å². The molecule has 5 amide bonds. The molecule has 26 nitrogen and oxygen atoms in total. The Morgan fingerprint density at radius 3 is 2.26 bits per heavy atom. The van der Waals surface area contributed by atoms with Crippen LogP contribution in [0.25, 0.3) is 22.5 Å². The molecule has 4 heterocycles. The molecule has 6 saturated carbocycles. The second-order valence-electron chi connectivity index (χ2n) is 29.5. The van der Waals surface area contributed by atoms with E-state index < -0.39 is 95.9 Å². The number of Topliss-reactive ketones (excluding diaryl/α,β-unsaturated/α-hetero) is 1. The maximum atomic E-state index is 15.3. The zero-order chi connectivity index (χ0) is 70.2. The van der Waals surface area contributed by atoms with Gasteiger partial charge in [-0.3, -0.25) is 24.0 Å². The van der Waals surface area contributed by atoms with Crippen LogP contribution in [0.15, 0.2) is 115 Å². The first-order valence-corrected chi connectivity index (χ1v) is 34.4. The molecule has 0 spiro atoms. The van der Waals surface area contributed by atoms with Crippen molar-refractivity contribution in [1.82, 2.24) is 30.5 Å². The minimum Gasteiger partial charge on any atom is -0.460 e. The summed E-state index contributed by atoms with van der Waals surface area (Å²) in [5.74, 6) is -2.34. The fourth-order valence-electron chi connectivity index (χ4n) is 18.0. The number of fused-ring (bicyclic) bond motifs is 12. The molecule has 9 N–H and O–H groups in total. The number of anilines is 2. The molecular formula is C74H85N9O17. The summed E-state index contributed by atoms with van der Waals surface area (Å²) in [5.41, 5.74) is 11.1. The number of hydrogen-bond acceptors (Lipinski definition) is 20. The standard InChI is InChI=1S/C74H85N9O17/c1-70-25-23-46(84)30-45(70)18-19-48-50-31-57-74(71(50,2)33-53(85)61(48)70,100-66(99-57)43-16-13-41(14-17-43)32-72-38-73(75,39-72)40-72)56(87)37-97-69(94)82(4)28-27-81(3)68(93)96-35-42-15-20-55(98-67-65(92)64(91)54(86)36-95-67)51(29-42)77-59(89)24-26-76-58(88)21-22-60(90)83-34-44-9-5-6-10-47(44)62-63(79-80-78-62)49-11-7-8-12-52(49)83/h5-17,20,23,25,29-30,48,50,53-54,57,61,64-67,85-86,91-92H,18-19,21-22,24,26-28,31-40,75H2,1-4H3,(H,76,88)(H,77,89)(H,78,79,80)/t48-,50-,53-,54+,57+,61+,64-,65+,66+,67-,70-,71-,72?,73?,74+/m0/s1. The van der Waals surface area contributed by atoms with Crippen LogP contribution in [-0.2, 0) is 67.2 Å². The third-order valence-corrected chi connectivity index (χ3v) is 22.9. The lowest BCUT2D eigenvalue weighted by molar-refractivity contribution is -0.241. The molecule has 7 aliphatic carbocycles. The van der Waals surface area contributed by atoms with Crippen LogP contribution >= 0.6 is 0 Å². The summed E-state index contributed by atoms with van der Waals surface area (Å²) >= 11 is 0. The van der Waals surface area contributed by atoms with E-state index in [0.29, 0.717) is 47.5 Å². The Kier molecular flexibility index (Phi) is 18.2. The van der Waals surface area contributed by atoms with Crippen LogP contribution < -0.4 is 26.0 Å². The Labute approximate surface area is 577 Å². The van der Waals surface area contributed by atoms with Crippen LogP contribution in [0.1, 0.15) is 107 Å². The van der Waals surface area contributed by atoms with Gasteiger partial charge in [0, 0.05) is 92.0 Å². The van der Waals surface area contributed by atoms with Crippen LogP contribution in [0.5, 0.6) is 5.75 Å². The SMILES string of the molecule is CN(CCN(C)C(=O)OCc1ccc(O[C@@H]2OC[C@@H](O)[C@H](O)[C@H]2O)c(NC(=O)CCNC(=O)CCC(=O)N2Cc3ccccc3-c3n[nH]nc3-c3ccccc32)c1)C(=O)OCC(=O)[C@@]12O[C@H](c3ccc(CC45CC(N)(C4)C5)cc3)O[C@@H]1C[C@H]1[C@@H]3CCC4=CC(=O)C=C[C@]4(C)[C@H]3[C@@H](O)C[C@@]12C. The summed E-state index contributed by atoms with van der Waals surface area (Å²) in [6.45, 7) is 2.76. The summed E-state index contributed by atoms with van der Waals surface area (Å²) in [6.07, 6.45) is 0.433. The van der Waals surface area contributed by atoms with Crippen molar-refractivity contribution >= 4 is 52.8 Å². The Hall–Kier alpha value is -8.73. The quantitative estimate of drug-likeness (QED) is 0.0436. The molecule has 2 saturated heterocycles. The highest BCUT2D eigenvalue weighted by molar-refractivity contribution is 6.02. The molecule has 5 aromatic rings. The zero-order valence-electron chi connectivity index (χ0n) is 56.3. The van der Waals surface area contributed by atoms with Crippen LogP contribution in [0, 0.1) is 34.0 Å². The summed E-state index contributed by atoms with van der Waals surface area (Å²) in [5, 5.41) is 60.6. The van der Waals surface area contributed by atoms with Crippen molar-refractivity contribution in [3.05, 3.63) is 137 Å². The molecule has 3 aliphatic heterocycles. The molecule has 26 heteroatoms. The number of nitrogens with one attached hydrogen (secondary N) is 3. The lowest BCUT2D eigenvalue weighted by Crippen LogP contribution is -2.72. The van der Waals surface area contributed by atoms with Crippen LogP contribution in [0.3, 0.4) is 0 Å². The van der Waals surface area contributed by atoms with E-state index in [-0.39, 0.29) is 117 Å². The Morgan fingerprint density at radius 1 is 0.810 bits per heavy atom. The molecule has 0 radical (unpaired) electrons. The Morgan fingerprint density at radius 2 is 1.51 bits per heavy atom. The highest BCUT2D eigenvalue weighted by Crippen LogP contribution is 2.71. The molecule has 100 heavy (non-hydrogen) atoms. The first-order valence-electron chi connectivity index (χ1n) is 34.4. The van der Waals surface area contributed by atoms with Crippen molar-refractivity contribution in [1.29, 1.82) is 0 Å². The van der Waals surface area contributed by atoms with Crippen molar-refractivity contribution in [3.63, 3.8) is 0 Å². The number of aliphatic hydroxyl groups is 4. The number of ether oxygens (including phenoxy) is 6. The number of benzene rings is 4. The van der Waals surface area contributed by atoms with Gasteiger partial charge in [-0.15, -0.1) is 0 Å². The Bertz CT molecular complexity index is 4100. The van der Waals surface area contributed by atoms with Gasteiger partial charge in [0.25, 0.3) is 0 Å². The monoisotopic (exact) mass is 1370 g/mol. The number of nitrogens with zero attached hydrogens (tertiary/aromatic N) is 5. The summed E-state index contributed by atoms with van der Waals surface area (Å²) in [7, 11) is 2.94. The predicted molar refractivity (Wildman–Crippen MR) is 359 cm³/mol. The minimum absolute atomic E-state index is 0.00732. The van der Waals surface area contributed by atoms with Crippen molar-refractivity contribution < 1.29 is 82.4 Å². The van der Waals surface area contributed by atoms with E-state index in [2.05, 4.69) is 45.1 Å². The largest absolute Gasteiger partial charge is 0.460 e. The molecule has 8 fully saturated rings. The lowest BCUT2D eigenvalue weighted by Gasteiger charge is -2.69. The summed E-state index contributed by atoms with van der Waals surface area (Å²) in [4.78, 5) is 100. The molecule has 1 aromatic heterocycles. The molecular weight excluding hydrogens is 1290 g/mol. The van der Waals surface area contributed by atoms with E-state index in [1.165, 1.54) is 47.7 Å². The number of likely N-dealkylation sites (N-methyl/N-ethyl adjacent to an activating group) is 2. The maximum Gasteiger partial charge on any atom is 0.409 e. The topological polar surface area (TPSA) is 357 Å². The van der Waals surface area contributed by atoms with Crippen LogP contribution in [0.2, 0.25) is 0 Å². The molecule has 15 rings (SSSR count). The van der Waals surface area contributed by atoms with Crippen LogP contribution in [0.4, 0.5) is 21.0 Å². The van der Waals surface area contributed by atoms with E-state index >= 15 is 4.79 Å². The van der Waals surface area contributed by atoms with Crippen molar-refractivity contribution in [2.24, 2.45) is 39.7 Å². The van der Waals surface area contributed by atoms with Crippen molar-refractivity contribution in [2.45, 2.75) is 152 Å². The van der Waals surface area contributed by atoms with E-state index in [9.17, 15) is 49.2 Å². The predicted octanol–water partition coefficient (Wildman–Crippen LogP) is 6.10. The molecule has 0 unspecified atom stereocenters. The number of aromatic nitrogens is 3. The third kappa shape index (κ3) is 12.5. The molecule has 13 atom stereocenters. The minimum atomic E-state index is -1.68. The average molecular weight is 1370 g/mol. The van der Waals surface area contributed by atoms with Gasteiger partial charge in [0.2, 0.25) is 29.8 Å². The van der Waals surface area contributed by atoms with E-state index in [1.807, 2.05) is 73.7 Å². The van der Waals surface area contributed by atoms with Gasteiger partial charge in [-0.05, 0) is 116 Å². The number of H-pyrrole nitrogens is 1. The normalized spacial score (nSPS) is 31.6. The molecule has 10 aliphatic rings. The highest BCUT2D eigenvalue weighted by Gasteiger charge is 2.76. The second kappa shape index (κ2) is 26.7. The van der Waals surface area contributed by atoms with E-state index in [1.54, 1.807) is 17.1 Å². The van der Waals surface area contributed by atoms with Gasteiger partial charge in [-0.25, -0.2) is 9.59 Å². The number of amides is 5. The number of aliphatic hydroxyl groups excluding tert-OH is 4. The summed E-state index contributed by atoms with van der Waals surface area (Å²) < 4.78 is 36.8. The van der Waals surface area contributed by atoms with Crippen molar-refractivity contribution in [2.75, 3.05) is 57.2 Å². The van der Waals surface area contributed by atoms with Gasteiger partial charge in [0.1, 0.15) is 42.1 Å². The zero-order valence-corrected chi connectivity index (χ0v) is 56.3. The summed E-state index contributed by atoms with van der Waals surface area (Å²) in [6, 6.07) is 27.5. The van der Waals surface area contributed by atoms with Gasteiger partial charge in [0.05, 0.1) is 36.7 Å². The van der Waals surface area contributed by atoms with Gasteiger partial charge in [-0.1, -0.05) is 98.3 Å². The average Bonchev–Trinajstić information content (AvgIpc) is 1.43. The maximum absolute atomic E-state index is 15.3. The second-order valence-corrected chi connectivity index (χ2v) is 29.5. The number of hydrogen-bond donors (Lipinski definition) is 8. The number of carbonyl (C=O) groups excluding carboxylic acids is 7. The first kappa shape index (κ1) is 68.4. The molecule has 528 valence electrons. The van der Waals surface area contributed by atoms with Crippen molar-refractivity contribution in [3.8, 4) is 28.3 Å². The van der Waals surface area contributed by atoms with Crippen LogP contribution in [-0.4, -0.2) is 182 Å². The Balaban J connectivity index is 0.584.